The van der Waals surface area contributed by atoms with Crippen LogP contribution in [-0.4, -0.2) is 30.8 Å². The molecular weight excluding hydrogens is 310 g/mol. The van der Waals surface area contributed by atoms with Crippen LogP contribution in [0.1, 0.15) is 25.3 Å². The number of methoxy groups -OCH3 is 1. The zero-order chi connectivity index (χ0) is 14.3. The quantitative estimate of drug-likeness (QED) is 0.806. The maximum absolute atomic E-state index is 11.8. The molecule has 1 aromatic carbocycles. The van der Waals surface area contributed by atoms with Gasteiger partial charge in [0.05, 0.1) is 19.6 Å². The van der Waals surface area contributed by atoms with Crippen LogP contribution >= 0.6 is 15.9 Å². The number of nitrogens with one attached hydrogen (secondary N) is 1. The monoisotopic (exact) mass is 329 g/mol. The van der Waals surface area contributed by atoms with E-state index < -0.39 is 6.10 Å². The third-order valence-corrected chi connectivity index (χ3v) is 3.24. The highest BCUT2D eigenvalue weighted by atomic mass is 79.9. The fourth-order valence-corrected chi connectivity index (χ4v) is 2.20. The van der Waals surface area contributed by atoms with Crippen molar-refractivity contribution in [1.29, 1.82) is 0 Å². The number of aliphatic hydroxyl groups is 1. The summed E-state index contributed by atoms with van der Waals surface area (Å²) in [4.78, 5) is 11.8. The molecule has 0 fully saturated rings. The lowest BCUT2D eigenvalue weighted by molar-refractivity contribution is -0.120. The van der Waals surface area contributed by atoms with E-state index in [1.165, 1.54) is 0 Å². The van der Waals surface area contributed by atoms with Crippen LogP contribution in [0.25, 0.3) is 0 Å². The fourth-order valence-electron chi connectivity index (χ4n) is 1.79. The minimum absolute atomic E-state index is 0.119. The van der Waals surface area contributed by atoms with Gasteiger partial charge in [-0.2, -0.15) is 0 Å². The summed E-state index contributed by atoms with van der Waals surface area (Å²) in [6, 6.07) is 5.55. The number of hydrogen-bond acceptors (Lipinski definition) is 3. The summed E-state index contributed by atoms with van der Waals surface area (Å²) < 4.78 is 6.12. The van der Waals surface area contributed by atoms with Crippen molar-refractivity contribution in [3.8, 4) is 5.75 Å². The molecule has 0 saturated heterocycles. The van der Waals surface area contributed by atoms with Crippen LogP contribution in [0, 0.1) is 0 Å². The Labute approximate surface area is 122 Å². The molecule has 0 spiro atoms. The Bertz CT molecular complexity index is 423. The maximum atomic E-state index is 11.8. The molecule has 0 saturated carbocycles. The van der Waals surface area contributed by atoms with Crippen molar-refractivity contribution in [2.45, 2.75) is 32.3 Å². The second kappa shape index (κ2) is 8.17. The highest BCUT2D eigenvalue weighted by Gasteiger charge is 2.10. The molecule has 1 amide bonds. The van der Waals surface area contributed by atoms with E-state index in [2.05, 4.69) is 21.2 Å². The van der Waals surface area contributed by atoms with Crippen molar-refractivity contribution in [3.63, 3.8) is 0 Å². The number of carbonyl (C=O) groups is 1. The third-order valence-electron chi connectivity index (χ3n) is 2.75. The fraction of sp³-hybridized carbons (Fsp3) is 0.500. The lowest BCUT2D eigenvalue weighted by atomic mass is 10.1. The molecule has 1 atom stereocenters. The molecule has 0 bridgehead atoms. The van der Waals surface area contributed by atoms with E-state index in [1.807, 2.05) is 25.1 Å². The zero-order valence-electron chi connectivity index (χ0n) is 11.3. The van der Waals surface area contributed by atoms with Crippen molar-refractivity contribution in [1.82, 2.24) is 5.32 Å². The molecule has 4 nitrogen and oxygen atoms in total. The van der Waals surface area contributed by atoms with Gasteiger partial charge in [-0.1, -0.05) is 29.3 Å². The van der Waals surface area contributed by atoms with E-state index in [4.69, 9.17) is 4.74 Å². The van der Waals surface area contributed by atoms with Crippen molar-refractivity contribution < 1.29 is 14.6 Å². The molecule has 1 unspecified atom stereocenters. The van der Waals surface area contributed by atoms with Crippen LogP contribution in [0.4, 0.5) is 0 Å². The first-order valence-corrected chi connectivity index (χ1v) is 7.13. The Morgan fingerprint density at radius 3 is 2.89 bits per heavy atom. The number of carbonyl (C=O) groups excluding carboxylic acids is 1. The van der Waals surface area contributed by atoms with Gasteiger partial charge in [0.15, 0.2) is 0 Å². The van der Waals surface area contributed by atoms with E-state index in [9.17, 15) is 9.90 Å². The molecule has 0 aromatic heterocycles. The normalized spacial score (nSPS) is 12.0. The van der Waals surface area contributed by atoms with E-state index in [0.717, 1.165) is 16.5 Å². The number of halogens is 1. The topological polar surface area (TPSA) is 58.6 Å². The summed E-state index contributed by atoms with van der Waals surface area (Å²) in [6.45, 7) is 2.29. The number of amides is 1. The molecule has 106 valence electrons. The van der Waals surface area contributed by atoms with Gasteiger partial charge in [0, 0.05) is 16.6 Å². The minimum atomic E-state index is -0.474. The first kappa shape index (κ1) is 16.0. The summed E-state index contributed by atoms with van der Waals surface area (Å²) in [7, 11) is 1.58. The van der Waals surface area contributed by atoms with Crippen molar-refractivity contribution in [3.05, 3.63) is 28.2 Å². The average molecular weight is 330 g/mol. The lowest BCUT2D eigenvalue weighted by Gasteiger charge is -2.12. The Kier molecular flexibility index (Phi) is 6.87. The van der Waals surface area contributed by atoms with Gasteiger partial charge in [0.25, 0.3) is 0 Å². The molecule has 0 radical (unpaired) electrons. The molecule has 2 N–H and O–H groups in total. The molecule has 0 heterocycles. The van der Waals surface area contributed by atoms with Gasteiger partial charge in [-0.15, -0.1) is 0 Å². The van der Waals surface area contributed by atoms with Crippen molar-refractivity contribution >= 4 is 21.8 Å². The summed E-state index contributed by atoms with van der Waals surface area (Å²) in [5.74, 6) is 0.569. The molecule has 0 aliphatic rings. The average Bonchev–Trinajstić information content (AvgIpc) is 2.37. The first-order chi connectivity index (χ1) is 9.06. The largest absolute Gasteiger partial charge is 0.496 e. The van der Waals surface area contributed by atoms with E-state index in [-0.39, 0.29) is 12.3 Å². The Balaban J connectivity index is 2.54. The van der Waals surface area contributed by atoms with Crippen LogP contribution in [0.3, 0.4) is 0 Å². The second-order valence-electron chi connectivity index (χ2n) is 4.38. The van der Waals surface area contributed by atoms with Gasteiger partial charge < -0.3 is 15.2 Å². The van der Waals surface area contributed by atoms with Gasteiger partial charge in [-0.05, 0) is 24.6 Å². The molecule has 0 aliphatic carbocycles. The molecule has 0 aliphatic heterocycles. The van der Waals surface area contributed by atoms with E-state index in [0.29, 0.717) is 18.7 Å². The summed E-state index contributed by atoms with van der Waals surface area (Å²) in [5.41, 5.74) is 0.819. The van der Waals surface area contributed by atoms with Crippen LogP contribution in [0.2, 0.25) is 0 Å². The van der Waals surface area contributed by atoms with Gasteiger partial charge >= 0.3 is 0 Å². The summed E-state index contributed by atoms with van der Waals surface area (Å²) in [5, 5.41) is 12.3. The Morgan fingerprint density at radius 1 is 1.53 bits per heavy atom. The van der Waals surface area contributed by atoms with Gasteiger partial charge in [-0.25, -0.2) is 0 Å². The molecule has 1 rings (SSSR count). The number of benzene rings is 1. The Hall–Kier alpha value is -1.07. The van der Waals surface area contributed by atoms with Crippen molar-refractivity contribution in [2.24, 2.45) is 0 Å². The Morgan fingerprint density at radius 2 is 2.26 bits per heavy atom. The maximum Gasteiger partial charge on any atom is 0.224 e. The predicted molar refractivity (Wildman–Crippen MR) is 78.3 cm³/mol. The summed E-state index contributed by atoms with van der Waals surface area (Å²) >= 11 is 3.37. The van der Waals surface area contributed by atoms with Crippen LogP contribution in [-0.2, 0) is 11.2 Å². The third kappa shape index (κ3) is 5.61. The highest BCUT2D eigenvalue weighted by molar-refractivity contribution is 9.10. The smallest absolute Gasteiger partial charge is 0.224 e. The molecule has 1 aromatic rings. The van der Waals surface area contributed by atoms with Crippen LogP contribution in [0.15, 0.2) is 22.7 Å². The lowest BCUT2D eigenvalue weighted by Crippen LogP contribution is -2.33. The minimum Gasteiger partial charge on any atom is -0.496 e. The SMILES string of the molecule is CCCC(O)CNC(=O)Cc1cc(Br)ccc1OC. The number of rotatable bonds is 7. The van der Waals surface area contributed by atoms with Gasteiger partial charge in [0.2, 0.25) is 5.91 Å². The molecule has 19 heavy (non-hydrogen) atoms. The van der Waals surface area contributed by atoms with Gasteiger partial charge in [-0.3, -0.25) is 4.79 Å². The number of ether oxygens (including phenoxy) is 1. The van der Waals surface area contributed by atoms with E-state index in [1.54, 1.807) is 7.11 Å². The van der Waals surface area contributed by atoms with E-state index >= 15 is 0 Å². The molecule has 5 heteroatoms. The van der Waals surface area contributed by atoms with Gasteiger partial charge in [0.1, 0.15) is 5.75 Å². The number of aliphatic hydroxyl groups excluding tert-OH is 1. The predicted octanol–water partition coefficient (Wildman–Crippen LogP) is 2.28. The molecular formula is C14H20BrNO3. The summed E-state index contributed by atoms with van der Waals surface area (Å²) in [6.07, 6.45) is 1.36. The van der Waals surface area contributed by atoms with Crippen molar-refractivity contribution in [2.75, 3.05) is 13.7 Å². The van der Waals surface area contributed by atoms with Crippen LogP contribution in [0.5, 0.6) is 5.75 Å². The first-order valence-electron chi connectivity index (χ1n) is 6.34. The second-order valence-corrected chi connectivity index (χ2v) is 5.30. The number of hydrogen-bond donors (Lipinski definition) is 2. The highest BCUT2D eigenvalue weighted by Crippen LogP contribution is 2.23. The van der Waals surface area contributed by atoms with Crippen LogP contribution < -0.4 is 10.1 Å². The zero-order valence-corrected chi connectivity index (χ0v) is 12.9. The standard InChI is InChI=1S/C14H20BrNO3/c1-3-4-12(17)9-16-14(18)8-10-7-11(15)5-6-13(10)19-2/h5-7,12,17H,3-4,8-9H2,1-2H3,(H,16,18).